The van der Waals surface area contributed by atoms with Crippen LogP contribution >= 0.6 is 0 Å². The van der Waals surface area contributed by atoms with Gasteiger partial charge >= 0.3 is 0 Å². The summed E-state index contributed by atoms with van der Waals surface area (Å²) in [6.45, 7) is 8.70. The Bertz CT molecular complexity index is 552. The van der Waals surface area contributed by atoms with Crippen LogP contribution in [0.5, 0.6) is 0 Å². The van der Waals surface area contributed by atoms with E-state index in [1.165, 1.54) is 5.56 Å². The fraction of sp³-hybridized carbons (Fsp3) is 0.667. The molecule has 4 nitrogen and oxygen atoms in total. The highest BCUT2D eigenvalue weighted by molar-refractivity contribution is 5.73. The molecule has 0 radical (unpaired) electrons. The number of likely N-dealkylation sites (tertiary alicyclic amines) is 1. The lowest BCUT2D eigenvalue weighted by Crippen LogP contribution is -2.54. The Morgan fingerprint density at radius 3 is 2.64 bits per heavy atom. The maximum atomic E-state index is 11.9. The molecule has 0 aliphatic carbocycles. The Balaban J connectivity index is 1.51. The minimum absolute atomic E-state index is 0.00493. The summed E-state index contributed by atoms with van der Waals surface area (Å²) < 4.78 is 6.26. The van der Waals surface area contributed by atoms with Crippen molar-refractivity contribution in [2.75, 3.05) is 32.8 Å². The molecule has 2 aliphatic heterocycles. The number of hydrogen-bond acceptors (Lipinski definition) is 3. The molecule has 4 heteroatoms. The lowest BCUT2D eigenvalue weighted by atomic mass is 9.81. The number of ether oxygens (including phenoxy) is 1. The summed E-state index contributed by atoms with van der Waals surface area (Å²) in [5, 5.41) is 0. The molecular formula is C21H32N2O2. The van der Waals surface area contributed by atoms with E-state index in [4.69, 9.17) is 4.74 Å². The Labute approximate surface area is 152 Å². The lowest BCUT2D eigenvalue weighted by Gasteiger charge is -2.48. The molecule has 25 heavy (non-hydrogen) atoms. The van der Waals surface area contributed by atoms with Gasteiger partial charge < -0.3 is 14.5 Å². The van der Waals surface area contributed by atoms with Crippen molar-refractivity contribution in [3.63, 3.8) is 0 Å². The topological polar surface area (TPSA) is 32.8 Å². The van der Waals surface area contributed by atoms with Crippen LogP contribution in [-0.2, 0) is 16.0 Å². The van der Waals surface area contributed by atoms with Crippen LogP contribution in [0.1, 0.15) is 45.1 Å². The summed E-state index contributed by atoms with van der Waals surface area (Å²) in [7, 11) is 0. The second kappa shape index (κ2) is 8.33. The minimum Gasteiger partial charge on any atom is -0.375 e. The highest BCUT2D eigenvalue weighted by Crippen LogP contribution is 2.36. The van der Waals surface area contributed by atoms with Gasteiger partial charge in [-0.25, -0.2) is 0 Å². The summed E-state index contributed by atoms with van der Waals surface area (Å²) in [6.07, 6.45) is 5.28. The van der Waals surface area contributed by atoms with Crippen LogP contribution in [0.2, 0.25) is 0 Å². The highest BCUT2D eigenvalue weighted by atomic mass is 16.5. The van der Waals surface area contributed by atoms with Gasteiger partial charge in [0.15, 0.2) is 0 Å². The number of nitrogens with zero attached hydrogens (tertiary/aromatic N) is 2. The van der Waals surface area contributed by atoms with E-state index in [-0.39, 0.29) is 11.5 Å². The van der Waals surface area contributed by atoms with Crippen molar-refractivity contribution in [2.45, 2.75) is 57.6 Å². The third-order valence-electron chi connectivity index (χ3n) is 5.98. The normalized spacial score (nSPS) is 23.5. The fourth-order valence-corrected chi connectivity index (χ4v) is 4.47. The molecule has 2 saturated heterocycles. The number of piperidine rings is 1. The van der Waals surface area contributed by atoms with Crippen molar-refractivity contribution >= 4 is 5.91 Å². The monoisotopic (exact) mass is 344 g/mol. The molecule has 0 saturated carbocycles. The zero-order chi connectivity index (χ0) is 17.7. The van der Waals surface area contributed by atoms with E-state index in [0.29, 0.717) is 6.04 Å². The smallest absolute Gasteiger partial charge is 0.219 e. The van der Waals surface area contributed by atoms with Crippen molar-refractivity contribution in [3.05, 3.63) is 35.9 Å². The fourth-order valence-electron chi connectivity index (χ4n) is 4.47. The first-order chi connectivity index (χ1) is 12.1. The van der Waals surface area contributed by atoms with E-state index in [1.807, 2.05) is 4.90 Å². The highest BCUT2D eigenvalue weighted by Gasteiger charge is 2.41. The zero-order valence-corrected chi connectivity index (χ0v) is 15.7. The molecule has 0 aromatic heterocycles. The third kappa shape index (κ3) is 4.62. The number of amides is 1. The van der Waals surface area contributed by atoms with Crippen molar-refractivity contribution in [3.8, 4) is 0 Å². The van der Waals surface area contributed by atoms with E-state index in [9.17, 15) is 4.79 Å². The molecule has 1 amide bonds. The van der Waals surface area contributed by atoms with Gasteiger partial charge in [0.25, 0.3) is 0 Å². The molecule has 2 heterocycles. The summed E-state index contributed by atoms with van der Waals surface area (Å²) in [4.78, 5) is 16.5. The Hall–Kier alpha value is -1.39. The molecule has 2 fully saturated rings. The van der Waals surface area contributed by atoms with Gasteiger partial charge in [0.05, 0.1) is 5.60 Å². The second-order valence-corrected chi connectivity index (χ2v) is 7.56. The molecule has 0 N–H and O–H groups in total. The van der Waals surface area contributed by atoms with Gasteiger partial charge in [-0.05, 0) is 44.6 Å². The van der Waals surface area contributed by atoms with Crippen LogP contribution in [0, 0.1) is 0 Å². The molecule has 1 aromatic rings. The van der Waals surface area contributed by atoms with E-state index >= 15 is 0 Å². The van der Waals surface area contributed by atoms with E-state index in [2.05, 4.69) is 42.2 Å². The average Bonchev–Trinajstić information content (AvgIpc) is 2.63. The van der Waals surface area contributed by atoms with E-state index in [1.54, 1.807) is 6.92 Å². The van der Waals surface area contributed by atoms with Crippen molar-refractivity contribution in [2.24, 2.45) is 0 Å². The zero-order valence-electron chi connectivity index (χ0n) is 15.7. The Kier molecular flexibility index (Phi) is 6.13. The number of hydrogen-bond donors (Lipinski definition) is 0. The van der Waals surface area contributed by atoms with Gasteiger partial charge in [0.1, 0.15) is 0 Å². The number of rotatable bonds is 5. The molecule has 1 aromatic carbocycles. The predicted molar refractivity (Wildman–Crippen MR) is 101 cm³/mol. The molecule has 0 bridgehead atoms. The quantitative estimate of drug-likeness (QED) is 0.823. The molecular weight excluding hydrogens is 312 g/mol. The van der Waals surface area contributed by atoms with Gasteiger partial charge in [-0.1, -0.05) is 30.3 Å². The number of benzene rings is 1. The van der Waals surface area contributed by atoms with Crippen LogP contribution < -0.4 is 0 Å². The maximum absolute atomic E-state index is 11.9. The average molecular weight is 344 g/mol. The first-order valence-electron chi connectivity index (χ1n) is 9.79. The summed E-state index contributed by atoms with van der Waals surface area (Å²) >= 11 is 0. The van der Waals surface area contributed by atoms with E-state index < -0.39 is 0 Å². The summed E-state index contributed by atoms with van der Waals surface area (Å²) in [5.74, 6) is 0.199. The first-order valence-corrected chi connectivity index (χ1v) is 9.79. The van der Waals surface area contributed by atoms with Crippen molar-refractivity contribution in [1.82, 2.24) is 9.80 Å². The predicted octanol–water partition coefficient (Wildman–Crippen LogP) is 3.11. The minimum atomic E-state index is -0.00493. The standard InChI is InChI=1S/C21H32N2O2/c1-3-23(18(2)24)20-10-16-25-21(17-20)11-14-22(15-12-21)13-9-19-7-5-4-6-8-19/h4-8,20H,3,9-17H2,1-2H3/t20-/m1/s1. The Morgan fingerprint density at radius 2 is 2.00 bits per heavy atom. The SMILES string of the molecule is CCN(C(C)=O)[C@@H]1CCOC2(CCN(CCc3ccccc3)CC2)C1. The van der Waals surface area contributed by atoms with Gasteiger partial charge in [-0.15, -0.1) is 0 Å². The van der Waals surface area contributed by atoms with Crippen LogP contribution in [-0.4, -0.2) is 60.1 Å². The summed E-state index contributed by atoms with van der Waals surface area (Å²) in [5.41, 5.74) is 1.41. The molecule has 138 valence electrons. The van der Waals surface area contributed by atoms with Crippen molar-refractivity contribution in [1.29, 1.82) is 0 Å². The van der Waals surface area contributed by atoms with Crippen LogP contribution in [0.4, 0.5) is 0 Å². The van der Waals surface area contributed by atoms with Gasteiger partial charge in [0, 0.05) is 45.8 Å². The number of carbonyl (C=O) groups is 1. The maximum Gasteiger partial charge on any atom is 0.219 e. The summed E-state index contributed by atoms with van der Waals surface area (Å²) in [6, 6.07) is 11.1. The third-order valence-corrected chi connectivity index (χ3v) is 5.98. The first kappa shape index (κ1) is 18.4. The Morgan fingerprint density at radius 1 is 1.28 bits per heavy atom. The van der Waals surface area contributed by atoms with E-state index in [0.717, 1.165) is 64.9 Å². The molecule has 0 unspecified atom stereocenters. The van der Waals surface area contributed by atoms with Gasteiger partial charge in [0.2, 0.25) is 5.91 Å². The van der Waals surface area contributed by atoms with Crippen LogP contribution in [0.15, 0.2) is 30.3 Å². The number of carbonyl (C=O) groups excluding carboxylic acids is 1. The largest absolute Gasteiger partial charge is 0.375 e. The second-order valence-electron chi connectivity index (χ2n) is 7.56. The molecule has 3 rings (SSSR count). The molecule has 2 aliphatic rings. The van der Waals surface area contributed by atoms with Crippen LogP contribution in [0.25, 0.3) is 0 Å². The van der Waals surface area contributed by atoms with Crippen molar-refractivity contribution < 1.29 is 9.53 Å². The van der Waals surface area contributed by atoms with Gasteiger partial charge in [-0.3, -0.25) is 4.79 Å². The van der Waals surface area contributed by atoms with Gasteiger partial charge in [-0.2, -0.15) is 0 Å². The lowest BCUT2D eigenvalue weighted by molar-refractivity contribution is -0.148. The van der Waals surface area contributed by atoms with Crippen LogP contribution in [0.3, 0.4) is 0 Å². The molecule has 1 atom stereocenters. The molecule has 1 spiro atoms.